The zero-order valence-electron chi connectivity index (χ0n) is 19.7. The zero-order valence-corrected chi connectivity index (χ0v) is 19.7. The molecule has 1 heterocycles. The second kappa shape index (κ2) is 10.5. The number of hydrogen-bond donors (Lipinski definition) is 1. The van der Waals surface area contributed by atoms with Gasteiger partial charge in [-0.05, 0) is 50.1 Å². The fourth-order valence-corrected chi connectivity index (χ4v) is 4.52. The maximum atomic E-state index is 13.4. The highest BCUT2D eigenvalue weighted by molar-refractivity contribution is 6.04. The van der Waals surface area contributed by atoms with Gasteiger partial charge in [-0.3, -0.25) is 4.79 Å². The van der Waals surface area contributed by atoms with Gasteiger partial charge in [0.1, 0.15) is 30.5 Å². The molecule has 0 spiro atoms. The van der Waals surface area contributed by atoms with Crippen LogP contribution in [0.25, 0.3) is 0 Å². The number of allylic oxidation sites excluding steroid dienone is 3. The quantitative estimate of drug-likeness (QED) is 0.462. The lowest BCUT2D eigenvalue weighted by Crippen LogP contribution is -2.34. The van der Waals surface area contributed by atoms with Crippen LogP contribution in [-0.2, 0) is 14.3 Å². The van der Waals surface area contributed by atoms with Gasteiger partial charge in [0.25, 0.3) is 0 Å². The number of ketones is 1. The highest BCUT2D eigenvalue weighted by atomic mass is 16.6. The Bertz CT molecular complexity index is 1140. The summed E-state index contributed by atoms with van der Waals surface area (Å²) in [7, 11) is 3.15. The van der Waals surface area contributed by atoms with E-state index in [1.54, 1.807) is 26.4 Å². The second-order valence-corrected chi connectivity index (χ2v) is 8.17. The van der Waals surface area contributed by atoms with E-state index >= 15 is 0 Å². The van der Waals surface area contributed by atoms with Crippen LogP contribution in [0.5, 0.6) is 17.2 Å². The number of carbonyl (C=O) groups excluding carboxylic acids is 2. The van der Waals surface area contributed by atoms with Crippen LogP contribution in [0.2, 0.25) is 0 Å². The van der Waals surface area contributed by atoms with Gasteiger partial charge in [-0.15, -0.1) is 0 Å². The van der Waals surface area contributed by atoms with Gasteiger partial charge in [0.05, 0.1) is 25.7 Å². The normalized spacial score (nSPS) is 17.6. The van der Waals surface area contributed by atoms with Gasteiger partial charge in [-0.2, -0.15) is 0 Å². The van der Waals surface area contributed by atoms with Crippen LogP contribution < -0.4 is 19.5 Å². The first-order valence-corrected chi connectivity index (χ1v) is 11.3. The predicted octanol–water partition coefficient (Wildman–Crippen LogP) is 4.29. The number of rotatable bonds is 8. The van der Waals surface area contributed by atoms with Crippen molar-refractivity contribution < 1.29 is 28.5 Å². The maximum absolute atomic E-state index is 13.4. The highest BCUT2D eigenvalue weighted by Gasteiger charge is 2.40. The fraction of sp³-hybridized carbons (Fsp3) is 0.333. The maximum Gasteiger partial charge on any atom is 0.336 e. The number of Topliss-reactive ketones (excluding diaryl/α,β-unsaturated/α-hetero) is 1. The molecule has 4 rings (SSSR count). The zero-order chi connectivity index (χ0) is 24.1. The molecule has 2 aliphatic rings. The van der Waals surface area contributed by atoms with E-state index in [0.717, 1.165) is 18.5 Å². The van der Waals surface area contributed by atoms with Gasteiger partial charge < -0.3 is 24.3 Å². The van der Waals surface area contributed by atoms with Crippen molar-refractivity contribution in [1.29, 1.82) is 0 Å². The molecule has 0 saturated heterocycles. The lowest BCUT2D eigenvalue weighted by molar-refractivity contribution is -0.140. The summed E-state index contributed by atoms with van der Waals surface area (Å²) >= 11 is 0. The van der Waals surface area contributed by atoms with E-state index in [0.29, 0.717) is 46.1 Å². The van der Waals surface area contributed by atoms with Gasteiger partial charge in [0, 0.05) is 29.0 Å². The summed E-state index contributed by atoms with van der Waals surface area (Å²) in [4.78, 5) is 26.5. The second-order valence-electron chi connectivity index (χ2n) is 8.17. The molecule has 1 aliphatic heterocycles. The van der Waals surface area contributed by atoms with Crippen LogP contribution in [0.3, 0.4) is 0 Å². The van der Waals surface area contributed by atoms with E-state index in [4.69, 9.17) is 18.9 Å². The third kappa shape index (κ3) is 4.78. The SMILES string of the molecule is COc1ccc(OC)c([C@H]2C(C(=O)OCCOc3ccccc3)=C(C)NC3=C2C(=O)CCC3)c1. The molecule has 0 amide bonds. The molecule has 1 atom stereocenters. The van der Waals surface area contributed by atoms with Crippen molar-refractivity contribution in [3.05, 3.63) is 76.6 Å². The number of para-hydroxylation sites is 1. The molecule has 1 aliphatic carbocycles. The van der Waals surface area contributed by atoms with E-state index in [-0.39, 0.29) is 19.0 Å². The summed E-state index contributed by atoms with van der Waals surface area (Å²) in [6.45, 7) is 2.13. The number of hydrogen-bond acceptors (Lipinski definition) is 7. The molecule has 2 aromatic rings. The largest absolute Gasteiger partial charge is 0.497 e. The molecule has 0 radical (unpaired) electrons. The number of esters is 1. The Kier molecular flexibility index (Phi) is 7.21. The summed E-state index contributed by atoms with van der Waals surface area (Å²) < 4.78 is 22.3. The van der Waals surface area contributed by atoms with E-state index in [2.05, 4.69) is 5.32 Å². The number of carbonyl (C=O) groups is 2. The average Bonchev–Trinajstić information content (AvgIpc) is 2.86. The smallest absolute Gasteiger partial charge is 0.336 e. The van der Waals surface area contributed by atoms with Gasteiger partial charge >= 0.3 is 5.97 Å². The first-order valence-electron chi connectivity index (χ1n) is 11.3. The van der Waals surface area contributed by atoms with Crippen molar-refractivity contribution in [2.45, 2.75) is 32.1 Å². The van der Waals surface area contributed by atoms with E-state index in [1.807, 2.05) is 43.3 Å². The summed E-state index contributed by atoms with van der Waals surface area (Å²) in [5.41, 5.74) is 3.19. The Hall–Kier alpha value is -3.74. The Labute approximate surface area is 199 Å². The highest BCUT2D eigenvalue weighted by Crippen LogP contribution is 2.46. The number of ether oxygens (including phenoxy) is 4. The molecular formula is C27H29NO6. The van der Waals surface area contributed by atoms with Gasteiger partial charge in [0.15, 0.2) is 5.78 Å². The minimum atomic E-state index is -0.614. The first-order chi connectivity index (χ1) is 16.5. The predicted molar refractivity (Wildman–Crippen MR) is 127 cm³/mol. The molecule has 2 aromatic carbocycles. The molecule has 178 valence electrons. The Morgan fingerprint density at radius 1 is 1.00 bits per heavy atom. The van der Waals surface area contributed by atoms with Crippen LogP contribution in [0.4, 0.5) is 0 Å². The Morgan fingerprint density at radius 2 is 1.79 bits per heavy atom. The molecule has 1 N–H and O–H groups in total. The minimum absolute atomic E-state index is 0.0221. The lowest BCUT2D eigenvalue weighted by Gasteiger charge is -2.34. The molecule has 34 heavy (non-hydrogen) atoms. The van der Waals surface area contributed by atoms with Crippen LogP contribution >= 0.6 is 0 Å². The number of benzene rings is 2. The standard InChI is InChI=1S/C27H29NO6/c1-17-24(27(30)34-15-14-33-18-8-5-4-6-9-18)25(26-21(28-17)10-7-11-22(26)29)20-16-19(31-2)12-13-23(20)32-3/h4-6,8-9,12-13,16,25,28H,7,10-11,14-15H2,1-3H3/t25-/m0/s1. The molecule has 0 bridgehead atoms. The molecular weight excluding hydrogens is 434 g/mol. The van der Waals surface area contributed by atoms with Crippen molar-refractivity contribution in [2.24, 2.45) is 0 Å². The summed E-state index contributed by atoms with van der Waals surface area (Å²) in [5, 5.41) is 3.30. The van der Waals surface area contributed by atoms with Crippen LogP contribution in [0.15, 0.2) is 71.1 Å². The molecule has 0 saturated carbocycles. The third-order valence-corrected chi connectivity index (χ3v) is 6.07. The van der Waals surface area contributed by atoms with Gasteiger partial charge in [-0.1, -0.05) is 18.2 Å². The van der Waals surface area contributed by atoms with E-state index < -0.39 is 11.9 Å². The number of methoxy groups -OCH3 is 2. The number of nitrogens with one attached hydrogen (secondary N) is 1. The van der Waals surface area contributed by atoms with E-state index in [1.165, 1.54) is 0 Å². The van der Waals surface area contributed by atoms with Crippen molar-refractivity contribution in [1.82, 2.24) is 5.32 Å². The Balaban J connectivity index is 1.64. The molecule has 0 unspecified atom stereocenters. The van der Waals surface area contributed by atoms with Crippen molar-refractivity contribution in [3.8, 4) is 17.2 Å². The molecule has 7 nitrogen and oxygen atoms in total. The molecule has 0 fully saturated rings. The molecule has 7 heteroatoms. The fourth-order valence-electron chi connectivity index (χ4n) is 4.52. The minimum Gasteiger partial charge on any atom is -0.497 e. The number of dihydropyridines is 1. The van der Waals surface area contributed by atoms with Gasteiger partial charge in [-0.25, -0.2) is 4.79 Å². The molecule has 0 aromatic heterocycles. The summed E-state index contributed by atoms with van der Waals surface area (Å²) in [6.07, 6.45) is 1.96. The van der Waals surface area contributed by atoms with Crippen molar-refractivity contribution in [2.75, 3.05) is 27.4 Å². The topological polar surface area (TPSA) is 83.1 Å². The first kappa shape index (κ1) is 23.4. The van der Waals surface area contributed by atoms with Crippen molar-refractivity contribution >= 4 is 11.8 Å². The Morgan fingerprint density at radius 3 is 2.53 bits per heavy atom. The summed E-state index contributed by atoms with van der Waals surface area (Å²) in [5.74, 6) is 0.798. The van der Waals surface area contributed by atoms with Gasteiger partial charge in [0.2, 0.25) is 0 Å². The lowest BCUT2D eigenvalue weighted by atomic mass is 9.75. The monoisotopic (exact) mass is 463 g/mol. The van der Waals surface area contributed by atoms with Crippen LogP contribution in [0, 0.1) is 0 Å². The van der Waals surface area contributed by atoms with Crippen LogP contribution in [0.1, 0.15) is 37.7 Å². The summed E-state index contributed by atoms with van der Waals surface area (Å²) in [6, 6.07) is 14.7. The average molecular weight is 464 g/mol. The van der Waals surface area contributed by atoms with Crippen molar-refractivity contribution in [3.63, 3.8) is 0 Å². The third-order valence-electron chi connectivity index (χ3n) is 6.07. The van der Waals surface area contributed by atoms with E-state index in [9.17, 15) is 9.59 Å². The van der Waals surface area contributed by atoms with Crippen LogP contribution in [-0.4, -0.2) is 39.2 Å².